The first-order valence-electron chi connectivity index (χ1n) is 9.54. The van der Waals surface area contributed by atoms with Crippen molar-refractivity contribution in [3.63, 3.8) is 0 Å². The van der Waals surface area contributed by atoms with Crippen LogP contribution in [0.2, 0.25) is 0 Å². The average Bonchev–Trinajstić information content (AvgIpc) is 2.63. The Morgan fingerprint density at radius 1 is 0.846 bits per heavy atom. The molecule has 1 aliphatic rings. The van der Waals surface area contributed by atoms with Gasteiger partial charge in [0.05, 0.1) is 6.10 Å². The third-order valence-electron chi connectivity index (χ3n) is 5.03. The first-order chi connectivity index (χ1) is 12.6. The molecule has 1 fully saturated rings. The lowest BCUT2D eigenvalue weighted by atomic mass is 9.75. The second-order valence-corrected chi connectivity index (χ2v) is 8.53. The molecule has 0 radical (unpaired) electrons. The summed E-state index contributed by atoms with van der Waals surface area (Å²) in [5.74, 6) is 3.38. The van der Waals surface area contributed by atoms with Crippen LogP contribution in [-0.2, 0) is 4.52 Å². The van der Waals surface area contributed by atoms with Crippen LogP contribution in [0.4, 0.5) is 0 Å². The van der Waals surface area contributed by atoms with Gasteiger partial charge in [-0.3, -0.25) is 4.52 Å². The molecule has 1 saturated carbocycles. The fourth-order valence-electron chi connectivity index (χ4n) is 3.54. The molecule has 3 rings (SSSR count). The van der Waals surface area contributed by atoms with Gasteiger partial charge in [-0.05, 0) is 54.9 Å². The SMILES string of the molecule is CC1CCC(C(C)C)C(OP(Oc2ccccc2)Oc2ccccc2)C1. The van der Waals surface area contributed by atoms with Gasteiger partial charge in [-0.2, -0.15) is 0 Å². The lowest BCUT2D eigenvalue weighted by Crippen LogP contribution is -2.33. The zero-order chi connectivity index (χ0) is 18.4. The standard InChI is InChI=1S/C22H29O3P/c1-17(2)21-15-14-18(3)16-22(21)25-26(23-19-10-6-4-7-11-19)24-20-12-8-5-9-13-20/h4-13,17-18,21-22H,14-16H2,1-3H3. The van der Waals surface area contributed by atoms with E-state index in [1.165, 1.54) is 12.8 Å². The Morgan fingerprint density at radius 2 is 1.38 bits per heavy atom. The first-order valence-corrected chi connectivity index (χ1v) is 10.6. The lowest BCUT2D eigenvalue weighted by molar-refractivity contribution is 0.0396. The van der Waals surface area contributed by atoms with Gasteiger partial charge in [0, 0.05) is 0 Å². The monoisotopic (exact) mass is 372 g/mol. The quantitative estimate of drug-likeness (QED) is 0.498. The van der Waals surface area contributed by atoms with Crippen molar-refractivity contribution < 1.29 is 13.6 Å². The number of hydrogen-bond acceptors (Lipinski definition) is 3. The van der Waals surface area contributed by atoms with E-state index in [0.717, 1.165) is 17.9 Å². The molecule has 3 atom stereocenters. The van der Waals surface area contributed by atoms with Crippen LogP contribution in [0.5, 0.6) is 11.5 Å². The molecule has 0 heterocycles. The first kappa shape index (κ1) is 19.2. The van der Waals surface area contributed by atoms with Gasteiger partial charge in [0.1, 0.15) is 11.5 Å². The lowest BCUT2D eigenvalue weighted by Gasteiger charge is -2.37. The Labute approximate surface area is 158 Å². The van der Waals surface area contributed by atoms with Gasteiger partial charge in [-0.1, -0.05) is 63.6 Å². The van der Waals surface area contributed by atoms with Gasteiger partial charge >= 0.3 is 8.60 Å². The second-order valence-electron chi connectivity index (χ2n) is 7.50. The summed E-state index contributed by atoms with van der Waals surface area (Å²) in [4.78, 5) is 0. The predicted octanol–water partition coefficient (Wildman–Crippen LogP) is 6.85. The topological polar surface area (TPSA) is 27.7 Å². The van der Waals surface area contributed by atoms with Crippen LogP contribution in [0.25, 0.3) is 0 Å². The van der Waals surface area contributed by atoms with Crippen molar-refractivity contribution >= 4 is 8.60 Å². The van der Waals surface area contributed by atoms with E-state index in [-0.39, 0.29) is 6.10 Å². The van der Waals surface area contributed by atoms with Gasteiger partial charge in [0.25, 0.3) is 0 Å². The maximum absolute atomic E-state index is 6.46. The maximum Gasteiger partial charge on any atom is 0.463 e. The zero-order valence-electron chi connectivity index (χ0n) is 15.9. The number of hydrogen-bond donors (Lipinski definition) is 0. The summed E-state index contributed by atoms with van der Waals surface area (Å²) < 4.78 is 18.7. The molecule has 0 saturated heterocycles. The Morgan fingerprint density at radius 3 is 1.88 bits per heavy atom. The molecule has 0 aliphatic heterocycles. The van der Waals surface area contributed by atoms with E-state index in [0.29, 0.717) is 17.8 Å². The molecule has 140 valence electrons. The molecule has 0 spiro atoms. The largest absolute Gasteiger partial charge is 0.463 e. The van der Waals surface area contributed by atoms with Crippen molar-refractivity contribution in [3.05, 3.63) is 60.7 Å². The van der Waals surface area contributed by atoms with E-state index in [4.69, 9.17) is 13.6 Å². The Bertz CT molecular complexity index is 605. The van der Waals surface area contributed by atoms with Crippen LogP contribution in [-0.4, -0.2) is 6.10 Å². The fourth-order valence-corrected chi connectivity index (χ4v) is 4.72. The summed E-state index contributed by atoms with van der Waals surface area (Å²) in [7, 11) is -1.51. The number of rotatable bonds is 7. The van der Waals surface area contributed by atoms with Gasteiger partial charge < -0.3 is 9.05 Å². The van der Waals surface area contributed by atoms with E-state index < -0.39 is 8.60 Å². The maximum atomic E-state index is 6.46. The molecule has 26 heavy (non-hydrogen) atoms. The van der Waals surface area contributed by atoms with Crippen molar-refractivity contribution in [1.29, 1.82) is 0 Å². The molecule has 3 unspecified atom stereocenters. The molecule has 2 aromatic carbocycles. The molecule has 1 aliphatic carbocycles. The predicted molar refractivity (Wildman–Crippen MR) is 107 cm³/mol. The van der Waals surface area contributed by atoms with E-state index in [9.17, 15) is 0 Å². The smallest absolute Gasteiger partial charge is 0.418 e. The Kier molecular flexibility index (Phi) is 6.93. The van der Waals surface area contributed by atoms with Crippen molar-refractivity contribution in [2.75, 3.05) is 0 Å². The van der Waals surface area contributed by atoms with Crippen LogP contribution < -0.4 is 9.05 Å². The summed E-state index contributed by atoms with van der Waals surface area (Å²) in [5.41, 5.74) is 0. The van der Waals surface area contributed by atoms with E-state index in [1.807, 2.05) is 60.7 Å². The van der Waals surface area contributed by atoms with Gasteiger partial charge in [-0.25, -0.2) is 0 Å². The van der Waals surface area contributed by atoms with E-state index in [2.05, 4.69) is 20.8 Å². The van der Waals surface area contributed by atoms with Gasteiger partial charge in [-0.15, -0.1) is 0 Å². The molecule has 2 aromatic rings. The van der Waals surface area contributed by atoms with Crippen LogP contribution in [0.3, 0.4) is 0 Å². The van der Waals surface area contributed by atoms with E-state index in [1.54, 1.807) is 0 Å². The third-order valence-corrected chi connectivity index (χ3v) is 6.19. The highest BCUT2D eigenvalue weighted by Gasteiger charge is 2.35. The Hall–Kier alpha value is -1.57. The molecule has 0 amide bonds. The van der Waals surface area contributed by atoms with Crippen molar-refractivity contribution in [2.24, 2.45) is 17.8 Å². The van der Waals surface area contributed by atoms with Gasteiger partial charge in [0.2, 0.25) is 0 Å². The molecule has 0 bridgehead atoms. The highest BCUT2D eigenvalue weighted by molar-refractivity contribution is 7.42. The minimum atomic E-state index is -1.51. The average molecular weight is 372 g/mol. The minimum absolute atomic E-state index is 0.178. The van der Waals surface area contributed by atoms with Crippen LogP contribution >= 0.6 is 8.60 Å². The normalized spacial score (nSPS) is 23.2. The van der Waals surface area contributed by atoms with Crippen molar-refractivity contribution in [1.82, 2.24) is 0 Å². The Balaban J connectivity index is 1.75. The molecular weight excluding hydrogens is 343 g/mol. The molecule has 3 nitrogen and oxygen atoms in total. The fraction of sp³-hybridized carbons (Fsp3) is 0.455. The van der Waals surface area contributed by atoms with E-state index >= 15 is 0 Å². The highest BCUT2D eigenvalue weighted by atomic mass is 31.2. The van der Waals surface area contributed by atoms with Gasteiger partial charge in [0.15, 0.2) is 0 Å². The summed E-state index contributed by atoms with van der Waals surface area (Å²) in [5, 5.41) is 0. The summed E-state index contributed by atoms with van der Waals surface area (Å²) in [6.45, 7) is 6.88. The summed E-state index contributed by atoms with van der Waals surface area (Å²) in [6, 6.07) is 19.6. The summed E-state index contributed by atoms with van der Waals surface area (Å²) in [6.07, 6.45) is 3.73. The minimum Gasteiger partial charge on any atom is -0.418 e. The molecule has 0 aromatic heterocycles. The van der Waals surface area contributed by atoms with Crippen LogP contribution in [0, 0.1) is 17.8 Å². The van der Waals surface area contributed by atoms with Crippen LogP contribution in [0.15, 0.2) is 60.7 Å². The van der Waals surface area contributed by atoms with Crippen LogP contribution in [0.1, 0.15) is 40.0 Å². The zero-order valence-corrected chi connectivity index (χ0v) is 16.8. The van der Waals surface area contributed by atoms with Crippen molar-refractivity contribution in [2.45, 2.75) is 46.1 Å². The second kappa shape index (κ2) is 9.39. The molecule has 4 heteroatoms. The van der Waals surface area contributed by atoms with Crippen molar-refractivity contribution in [3.8, 4) is 11.5 Å². The number of benzene rings is 2. The summed E-state index contributed by atoms with van der Waals surface area (Å²) >= 11 is 0. The highest BCUT2D eigenvalue weighted by Crippen LogP contribution is 2.47. The number of para-hydroxylation sites is 2. The molecular formula is C22H29O3P. The third kappa shape index (κ3) is 5.46. The molecule has 0 N–H and O–H groups in total.